The van der Waals surface area contributed by atoms with Crippen LogP contribution >= 0.6 is 0 Å². The third kappa shape index (κ3) is 5.28. The summed E-state index contributed by atoms with van der Waals surface area (Å²) < 4.78 is 5.13. The van der Waals surface area contributed by atoms with Gasteiger partial charge >= 0.3 is 5.97 Å². The van der Waals surface area contributed by atoms with E-state index in [1.165, 1.54) is 6.08 Å². The maximum atomic E-state index is 11.8. The van der Waals surface area contributed by atoms with Crippen LogP contribution in [0, 0.1) is 6.92 Å². The molecule has 0 bridgehead atoms. The highest BCUT2D eigenvalue weighted by Gasteiger charge is 2.11. The number of hydrogen-bond donors (Lipinski definition) is 0. The molecular weight excluding hydrogens is 324 g/mol. The zero-order valence-electron chi connectivity index (χ0n) is 15.3. The predicted molar refractivity (Wildman–Crippen MR) is 105 cm³/mol. The molecule has 3 nitrogen and oxygen atoms in total. The van der Waals surface area contributed by atoms with E-state index in [4.69, 9.17) is 4.74 Å². The van der Waals surface area contributed by atoms with Crippen LogP contribution in [-0.2, 0) is 9.53 Å². The summed E-state index contributed by atoms with van der Waals surface area (Å²) in [6, 6.07) is 15.5. The standard InChI is InChI=1S/C23H24O3/c1-3-4-16-26-22(25)15-9-14-21(19-11-6-5-7-12-19)23-18(2)10-8-13-20(23)17-24/h5-15,17H,3-4,16H2,1-2H3/b15-9+,21-14-. The SMILES string of the molecule is CCCCOC(=O)/C=C/C=C(/c1ccccc1)c1c(C)cccc1C=O. The minimum absolute atomic E-state index is 0.359. The number of ether oxygens (including phenoxy) is 1. The first-order valence-corrected chi connectivity index (χ1v) is 8.83. The normalized spacial score (nSPS) is 11.5. The molecule has 0 N–H and O–H groups in total. The number of aldehydes is 1. The predicted octanol–water partition coefficient (Wildman–Crippen LogP) is 5.14. The van der Waals surface area contributed by atoms with E-state index in [1.54, 1.807) is 12.1 Å². The number of rotatable bonds is 8. The van der Waals surface area contributed by atoms with Gasteiger partial charge < -0.3 is 4.74 Å². The summed E-state index contributed by atoms with van der Waals surface area (Å²) in [5.74, 6) is -0.359. The van der Waals surface area contributed by atoms with Gasteiger partial charge in [0.05, 0.1) is 6.61 Å². The molecule has 0 spiro atoms. The molecule has 2 aromatic rings. The topological polar surface area (TPSA) is 43.4 Å². The first-order chi connectivity index (χ1) is 12.7. The van der Waals surface area contributed by atoms with Crippen LogP contribution in [-0.4, -0.2) is 18.9 Å². The van der Waals surface area contributed by atoms with Crippen LogP contribution in [0.1, 0.15) is 46.8 Å². The number of carbonyl (C=O) groups excluding carboxylic acids is 2. The molecule has 0 aliphatic rings. The highest BCUT2D eigenvalue weighted by molar-refractivity contribution is 5.93. The van der Waals surface area contributed by atoms with E-state index >= 15 is 0 Å². The molecule has 0 saturated carbocycles. The number of unbranched alkanes of at least 4 members (excludes halogenated alkanes) is 1. The van der Waals surface area contributed by atoms with Crippen LogP contribution in [0.4, 0.5) is 0 Å². The molecule has 0 saturated heterocycles. The van der Waals surface area contributed by atoms with Crippen molar-refractivity contribution < 1.29 is 14.3 Å². The summed E-state index contributed by atoms with van der Waals surface area (Å²) in [7, 11) is 0. The van der Waals surface area contributed by atoms with Gasteiger partial charge in [-0.2, -0.15) is 0 Å². The molecular formula is C23H24O3. The quantitative estimate of drug-likeness (QED) is 0.218. The van der Waals surface area contributed by atoms with E-state index in [9.17, 15) is 9.59 Å². The summed E-state index contributed by atoms with van der Waals surface area (Å²) >= 11 is 0. The van der Waals surface area contributed by atoms with E-state index in [0.29, 0.717) is 12.2 Å². The molecule has 2 rings (SSSR count). The number of esters is 1. The Morgan fingerprint density at radius 1 is 1.08 bits per heavy atom. The maximum Gasteiger partial charge on any atom is 0.330 e. The van der Waals surface area contributed by atoms with Gasteiger partial charge in [-0.15, -0.1) is 0 Å². The largest absolute Gasteiger partial charge is 0.463 e. The lowest BCUT2D eigenvalue weighted by Gasteiger charge is -2.13. The second-order valence-corrected chi connectivity index (χ2v) is 5.98. The fourth-order valence-corrected chi connectivity index (χ4v) is 2.69. The minimum Gasteiger partial charge on any atom is -0.463 e. The number of allylic oxidation sites excluding steroid dienone is 2. The van der Waals surface area contributed by atoms with Crippen molar-refractivity contribution in [3.05, 3.63) is 89.0 Å². The van der Waals surface area contributed by atoms with Crippen molar-refractivity contribution >= 4 is 17.8 Å². The molecule has 0 fully saturated rings. The maximum absolute atomic E-state index is 11.8. The van der Waals surface area contributed by atoms with Gasteiger partial charge in [-0.25, -0.2) is 4.79 Å². The molecule has 0 aliphatic carbocycles. The molecule has 0 aromatic heterocycles. The third-order valence-electron chi connectivity index (χ3n) is 4.02. The van der Waals surface area contributed by atoms with Gasteiger partial charge in [-0.3, -0.25) is 4.79 Å². The van der Waals surface area contributed by atoms with Gasteiger partial charge in [0.2, 0.25) is 0 Å². The third-order valence-corrected chi connectivity index (χ3v) is 4.02. The van der Waals surface area contributed by atoms with Crippen LogP contribution in [0.25, 0.3) is 5.57 Å². The average molecular weight is 348 g/mol. The lowest BCUT2D eigenvalue weighted by Crippen LogP contribution is -2.01. The van der Waals surface area contributed by atoms with Gasteiger partial charge in [0.25, 0.3) is 0 Å². The van der Waals surface area contributed by atoms with E-state index in [-0.39, 0.29) is 5.97 Å². The minimum atomic E-state index is -0.359. The van der Waals surface area contributed by atoms with E-state index in [0.717, 1.165) is 41.4 Å². The molecule has 3 heteroatoms. The van der Waals surface area contributed by atoms with Crippen molar-refractivity contribution in [3.63, 3.8) is 0 Å². The Kier molecular flexibility index (Phi) is 7.56. The molecule has 0 radical (unpaired) electrons. The van der Waals surface area contributed by atoms with E-state index in [2.05, 4.69) is 0 Å². The first kappa shape index (κ1) is 19.4. The van der Waals surface area contributed by atoms with Gasteiger partial charge in [0.1, 0.15) is 0 Å². The van der Waals surface area contributed by atoms with Crippen molar-refractivity contribution in [3.8, 4) is 0 Å². The number of aryl methyl sites for hydroxylation is 1. The van der Waals surface area contributed by atoms with Crippen molar-refractivity contribution in [1.82, 2.24) is 0 Å². The summed E-state index contributed by atoms with van der Waals surface area (Å²) in [5.41, 5.74) is 4.37. The van der Waals surface area contributed by atoms with Crippen LogP contribution in [0.15, 0.2) is 66.8 Å². The van der Waals surface area contributed by atoms with Crippen LogP contribution in [0.5, 0.6) is 0 Å². The average Bonchev–Trinajstić information content (AvgIpc) is 2.66. The van der Waals surface area contributed by atoms with E-state index < -0.39 is 0 Å². The first-order valence-electron chi connectivity index (χ1n) is 8.83. The van der Waals surface area contributed by atoms with Crippen LogP contribution < -0.4 is 0 Å². The number of hydrogen-bond acceptors (Lipinski definition) is 3. The summed E-state index contributed by atoms with van der Waals surface area (Å²) in [5, 5.41) is 0. The second-order valence-electron chi connectivity index (χ2n) is 5.98. The summed E-state index contributed by atoms with van der Waals surface area (Å²) in [6.07, 6.45) is 7.65. The van der Waals surface area contributed by atoms with Crippen molar-refractivity contribution in [2.24, 2.45) is 0 Å². The molecule has 0 unspecified atom stereocenters. The second kappa shape index (κ2) is 10.1. The Hall–Kier alpha value is -2.94. The number of carbonyl (C=O) groups is 2. The van der Waals surface area contributed by atoms with Gasteiger partial charge in [-0.1, -0.05) is 74.0 Å². The monoisotopic (exact) mass is 348 g/mol. The molecule has 26 heavy (non-hydrogen) atoms. The van der Waals surface area contributed by atoms with Gasteiger partial charge in [0, 0.05) is 11.6 Å². The smallest absolute Gasteiger partial charge is 0.330 e. The Bertz CT molecular complexity index is 801. The zero-order chi connectivity index (χ0) is 18.8. The lowest BCUT2D eigenvalue weighted by atomic mass is 9.90. The zero-order valence-corrected chi connectivity index (χ0v) is 15.3. The van der Waals surface area contributed by atoms with Crippen molar-refractivity contribution in [1.29, 1.82) is 0 Å². The summed E-state index contributed by atoms with van der Waals surface area (Å²) in [6.45, 7) is 4.45. The molecule has 0 heterocycles. The Balaban J connectivity index is 2.38. The molecule has 0 atom stereocenters. The molecule has 2 aromatic carbocycles. The highest BCUT2D eigenvalue weighted by atomic mass is 16.5. The Labute approximate surface area is 155 Å². The van der Waals surface area contributed by atoms with Crippen LogP contribution in [0.2, 0.25) is 0 Å². The molecule has 134 valence electrons. The summed E-state index contributed by atoms with van der Waals surface area (Å²) in [4.78, 5) is 23.3. The van der Waals surface area contributed by atoms with E-state index in [1.807, 2.05) is 62.4 Å². The van der Waals surface area contributed by atoms with Gasteiger partial charge in [0.15, 0.2) is 6.29 Å². The Morgan fingerprint density at radius 3 is 2.54 bits per heavy atom. The van der Waals surface area contributed by atoms with Gasteiger partial charge in [-0.05, 0) is 35.6 Å². The van der Waals surface area contributed by atoms with Crippen molar-refractivity contribution in [2.45, 2.75) is 26.7 Å². The van der Waals surface area contributed by atoms with Crippen molar-refractivity contribution in [2.75, 3.05) is 6.61 Å². The van der Waals surface area contributed by atoms with Crippen LogP contribution in [0.3, 0.4) is 0 Å². The fraction of sp³-hybridized carbons (Fsp3) is 0.217. The fourth-order valence-electron chi connectivity index (χ4n) is 2.69. The Morgan fingerprint density at radius 2 is 1.85 bits per heavy atom. The molecule has 0 aliphatic heterocycles. The lowest BCUT2D eigenvalue weighted by molar-refractivity contribution is -0.137. The number of benzene rings is 2. The highest BCUT2D eigenvalue weighted by Crippen LogP contribution is 2.28. The molecule has 0 amide bonds.